The summed E-state index contributed by atoms with van der Waals surface area (Å²) in [5.41, 5.74) is 0.929. The van der Waals surface area contributed by atoms with Crippen molar-refractivity contribution in [3.8, 4) is 11.4 Å². The lowest BCUT2D eigenvalue weighted by atomic mass is 10.2. The van der Waals surface area contributed by atoms with Gasteiger partial charge in [0, 0.05) is 25.0 Å². The van der Waals surface area contributed by atoms with Crippen LogP contribution in [0.2, 0.25) is 0 Å². The van der Waals surface area contributed by atoms with Crippen LogP contribution in [0, 0.1) is 6.92 Å². The highest BCUT2D eigenvalue weighted by Crippen LogP contribution is 2.28. The number of hydrogen-bond donors (Lipinski definition) is 1. The van der Waals surface area contributed by atoms with Crippen molar-refractivity contribution in [2.75, 3.05) is 5.32 Å². The first kappa shape index (κ1) is 17.5. The normalized spacial score (nSPS) is 12.1. The van der Waals surface area contributed by atoms with E-state index in [-0.39, 0.29) is 11.2 Å². The summed E-state index contributed by atoms with van der Waals surface area (Å²) in [6.45, 7) is 3.81. The maximum atomic E-state index is 12.5. The molecule has 0 aliphatic rings. The summed E-state index contributed by atoms with van der Waals surface area (Å²) >= 11 is 2.74. The predicted molar refractivity (Wildman–Crippen MR) is 97.4 cm³/mol. The molecule has 8 nitrogen and oxygen atoms in total. The van der Waals surface area contributed by atoms with Crippen LogP contribution in [0.15, 0.2) is 29.7 Å². The number of aryl methyl sites for hydroxylation is 1. The molecule has 0 radical (unpaired) electrons. The number of carbonyl (C=O) groups is 1. The molecule has 3 aromatic rings. The molecule has 0 saturated heterocycles. The van der Waals surface area contributed by atoms with Gasteiger partial charge in [-0.3, -0.25) is 15.1 Å². The van der Waals surface area contributed by atoms with Crippen LogP contribution >= 0.6 is 23.1 Å². The molecule has 1 unspecified atom stereocenters. The van der Waals surface area contributed by atoms with Crippen molar-refractivity contribution in [1.29, 1.82) is 0 Å². The van der Waals surface area contributed by atoms with Crippen LogP contribution in [0.4, 0.5) is 5.13 Å². The van der Waals surface area contributed by atoms with Gasteiger partial charge in [0.25, 0.3) is 0 Å². The highest BCUT2D eigenvalue weighted by atomic mass is 32.2. The molecule has 0 bridgehead atoms. The number of nitrogens with zero attached hydrogens (tertiary/aromatic N) is 6. The monoisotopic (exact) mass is 375 g/mol. The Morgan fingerprint density at radius 3 is 2.68 bits per heavy atom. The van der Waals surface area contributed by atoms with Crippen molar-refractivity contribution in [1.82, 2.24) is 29.9 Å². The van der Waals surface area contributed by atoms with Gasteiger partial charge in [-0.1, -0.05) is 30.0 Å². The lowest BCUT2D eigenvalue weighted by molar-refractivity contribution is -0.115. The Labute approximate surface area is 153 Å². The van der Waals surface area contributed by atoms with Crippen molar-refractivity contribution in [3.05, 3.63) is 29.5 Å². The van der Waals surface area contributed by atoms with E-state index in [4.69, 9.17) is 0 Å². The molecule has 0 saturated carbocycles. The summed E-state index contributed by atoms with van der Waals surface area (Å²) in [7, 11) is 1.89. The number of thioether (sulfide) groups is 1. The molecule has 3 rings (SSSR count). The fraction of sp³-hybridized carbons (Fsp3) is 0.333. The minimum atomic E-state index is -0.294. The first-order chi connectivity index (χ1) is 12.1. The van der Waals surface area contributed by atoms with Gasteiger partial charge in [0.05, 0.1) is 5.25 Å². The number of carbonyl (C=O) groups excluding carboxylic acids is 1. The van der Waals surface area contributed by atoms with Gasteiger partial charge in [-0.05, 0) is 25.5 Å². The lowest BCUT2D eigenvalue weighted by Gasteiger charge is -2.12. The van der Waals surface area contributed by atoms with Gasteiger partial charge < -0.3 is 4.57 Å². The van der Waals surface area contributed by atoms with Crippen molar-refractivity contribution in [2.24, 2.45) is 7.05 Å². The number of nitrogens with one attached hydrogen (secondary N) is 1. The van der Waals surface area contributed by atoms with E-state index < -0.39 is 0 Å². The number of pyridine rings is 1. The number of anilines is 1. The molecule has 3 aromatic heterocycles. The molecule has 0 fully saturated rings. The quantitative estimate of drug-likeness (QED) is 0.661. The Morgan fingerprint density at radius 2 is 2.04 bits per heavy atom. The van der Waals surface area contributed by atoms with Crippen LogP contribution in [0.25, 0.3) is 11.4 Å². The fourth-order valence-electron chi connectivity index (χ4n) is 2.15. The molecular formula is C15H17N7OS2. The maximum Gasteiger partial charge on any atom is 0.239 e. The Bertz CT molecular complexity index is 862. The van der Waals surface area contributed by atoms with E-state index in [9.17, 15) is 4.79 Å². The summed E-state index contributed by atoms with van der Waals surface area (Å²) in [6.07, 6.45) is 4.08. The van der Waals surface area contributed by atoms with E-state index in [1.165, 1.54) is 23.1 Å². The van der Waals surface area contributed by atoms with E-state index in [0.717, 1.165) is 16.4 Å². The van der Waals surface area contributed by atoms with E-state index in [0.29, 0.717) is 16.7 Å². The summed E-state index contributed by atoms with van der Waals surface area (Å²) in [5, 5.41) is 20.8. The SMILES string of the molecule is CCC(Sc1nnc(-c2ccncc2)n1C)C(=O)Nc1nnc(C)s1. The highest BCUT2D eigenvalue weighted by Gasteiger charge is 2.23. The minimum absolute atomic E-state index is 0.114. The van der Waals surface area contributed by atoms with Crippen LogP contribution in [0.1, 0.15) is 18.4 Å². The molecular weight excluding hydrogens is 358 g/mol. The fourth-order valence-corrected chi connectivity index (χ4v) is 3.67. The Balaban J connectivity index is 1.74. The summed E-state index contributed by atoms with van der Waals surface area (Å²) in [5.74, 6) is 0.622. The first-order valence-corrected chi connectivity index (χ1v) is 9.35. The molecule has 0 aliphatic heterocycles. The first-order valence-electron chi connectivity index (χ1n) is 7.66. The topological polar surface area (TPSA) is 98.5 Å². The third kappa shape index (κ3) is 4.02. The molecule has 0 aliphatic carbocycles. The third-order valence-electron chi connectivity index (χ3n) is 3.44. The van der Waals surface area contributed by atoms with Crippen LogP contribution in [0.5, 0.6) is 0 Å². The summed E-state index contributed by atoms with van der Waals surface area (Å²) in [4.78, 5) is 16.5. The smallest absolute Gasteiger partial charge is 0.239 e. The molecule has 1 amide bonds. The number of amides is 1. The largest absolute Gasteiger partial charge is 0.305 e. The molecule has 1 N–H and O–H groups in total. The second kappa shape index (κ2) is 7.70. The van der Waals surface area contributed by atoms with E-state index in [1.807, 2.05) is 37.6 Å². The zero-order valence-corrected chi connectivity index (χ0v) is 15.6. The van der Waals surface area contributed by atoms with Gasteiger partial charge in [0.15, 0.2) is 11.0 Å². The van der Waals surface area contributed by atoms with Crippen molar-refractivity contribution >= 4 is 34.1 Å². The molecule has 3 heterocycles. The molecule has 10 heteroatoms. The molecule has 0 spiro atoms. The number of hydrogen-bond acceptors (Lipinski definition) is 8. The van der Waals surface area contributed by atoms with Gasteiger partial charge in [-0.15, -0.1) is 20.4 Å². The van der Waals surface area contributed by atoms with Gasteiger partial charge in [0.2, 0.25) is 11.0 Å². The average Bonchev–Trinajstić information content (AvgIpc) is 3.19. The van der Waals surface area contributed by atoms with Gasteiger partial charge in [0.1, 0.15) is 5.01 Å². The number of aromatic nitrogens is 6. The van der Waals surface area contributed by atoms with E-state index in [2.05, 4.69) is 30.7 Å². The standard InChI is InChI=1S/C15H17N7OS2/c1-4-11(13(23)17-14-20-18-9(2)24-14)25-15-21-19-12(22(15)3)10-5-7-16-8-6-10/h5-8,11H,4H2,1-3H3,(H,17,20,23). The maximum absolute atomic E-state index is 12.5. The van der Waals surface area contributed by atoms with Gasteiger partial charge in [-0.2, -0.15) is 0 Å². The van der Waals surface area contributed by atoms with Gasteiger partial charge >= 0.3 is 0 Å². The minimum Gasteiger partial charge on any atom is -0.305 e. The molecule has 0 aromatic carbocycles. The van der Waals surface area contributed by atoms with Crippen molar-refractivity contribution < 1.29 is 4.79 Å². The second-order valence-electron chi connectivity index (χ2n) is 5.23. The summed E-state index contributed by atoms with van der Waals surface area (Å²) in [6, 6.07) is 3.75. The Hall–Kier alpha value is -2.33. The zero-order chi connectivity index (χ0) is 17.8. The highest BCUT2D eigenvalue weighted by molar-refractivity contribution is 8.00. The van der Waals surface area contributed by atoms with Crippen LogP contribution in [0.3, 0.4) is 0 Å². The van der Waals surface area contributed by atoms with E-state index in [1.54, 1.807) is 12.4 Å². The average molecular weight is 375 g/mol. The molecule has 130 valence electrons. The van der Waals surface area contributed by atoms with Crippen LogP contribution < -0.4 is 5.32 Å². The van der Waals surface area contributed by atoms with Crippen molar-refractivity contribution in [2.45, 2.75) is 30.7 Å². The zero-order valence-electron chi connectivity index (χ0n) is 14.0. The second-order valence-corrected chi connectivity index (χ2v) is 7.58. The predicted octanol–water partition coefficient (Wildman–Crippen LogP) is 2.55. The number of rotatable bonds is 6. The van der Waals surface area contributed by atoms with Crippen LogP contribution in [-0.2, 0) is 11.8 Å². The van der Waals surface area contributed by atoms with Crippen LogP contribution in [-0.4, -0.2) is 41.1 Å². The molecule has 25 heavy (non-hydrogen) atoms. The van der Waals surface area contributed by atoms with E-state index >= 15 is 0 Å². The Morgan fingerprint density at radius 1 is 1.28 bits per heavy atom. The third-order valence-corrected chi connectivity index (χ3v) is 5.59. The van der Waals surface area contributed by atoms with Gasteiger partial charge in [-0.25, -0.2) is 0 Å². The molecule has 1 atom stereocenters. The lowest BCUT2D eigenvalue weighted by Crippen LogP contribution is -2.25. The van der Waals surface area contributed by atoms with Crippen molar-refractivity contribution in [3.63, 3.8) is 0 Å². The summed E-state index contributed by atoms with van der Waals surface area (Å²) < 4.78 is 1.88. The Kier molecular flexibility index (Phi) is 5.39.